The Labute approximate surface area is 149 Å². The van der Waals surface area contributed by atoms with Gasteiger partial charge < -0.3 is 15.7 Å². The van der Waals surface area contributed by atoms with Gasteiger partial charge in [0.25, 0.3) is 0 Å². The van der Waals surface area contributed by atoms with Crippen molar-refractivity contribution in [1.82, 2.24) is 4.90 Å². The number of primary amides is 1. The summed E-state index contributed by atoms with van der Waals surface area (Å²) in [7, 11) is 0. The van der Waals surface area contributed by atoms with Gasteiger partial charge in [0.05, 0.1) is 0 Å². The summed E-state index contributed by atoms with van der Waals surface area (Å²) in [6.45, 7) is 0.829. The highest BCUT2D eigenvalue weighted by Gasteiger charge is 2.39. The number of carbonyl (C=O) groups excluding carboxylic acids is 2. The average Bonchev–Trinajstić information content (AvgIpc) is 2.63. The molecule has 1 aromatic carbocycles. The Hall–Kier alpha value is -1.88. The maximum atomic E-state index is 12.5. The van der Waals surface area contributed by atoms with E-state index in [1.165, 1.54) is 5.56 Å². The van der Waals surface area contributed by atoms with E-state index in [0.29, 0.717) is 31.3 Å². The molecule has 136 valence electrons. The van der Waals surface area contributed by atoms with E-state index in [0.717, 1.165) is 25.7 Å². The van der Waals surface area contributed by atoms with Gasteiger partial charge in [0, 0.05) is 32.4 Å². The molecule has 0 spiro atoms. The monoisotopic (exact) mass is 344 g/mol. The van der Waals surface area contributed by atoms with Crippen LogP contribution in [0.5, 0.6) is 0 Å². The molecule has 0 bridgehead atoms. The van der Waals surface area contributed by atoms with Crippen LogP contribution in [0.4, 0.5) is 0 Å². The molecule has 3 rings (SSSR count). The Morgan fingerprint density at radius 1 is 1.08 bits per heavy atom. The first-order valence-electron chi connectivity index (χ1n) is 9.33. The van der Waals surface area contributed by atoms with Crippen molar-refractivity contribution >= 4 is 11.8 Å². The first-order valence-corrected chi connectivity index (χ1v) is 9.33. The van der Waals surface area contributed by atoms with Crippen molar-refractivity contribution in [2.24, 2.45) is 11.7 Å². The number of benzene rings is 1. The lowest BCUT2D eigenvalue weighted by molar-refractivity contribution is -0.147. The normalized spacial score (nSPS) is 26.2. The van der Waals surface area contributed by atoms with Gasteiger partial charge in [-0.25, -0.2) is 0 Å². The molecule has 1 aliphatic heterocycles. The number of hydrogen-bond donors (Lipinski definition) is 2. The quantitative estimate of drug-likeness (QED) is 0.878. The van der Waals surface area contributed by atoms with Crippen LogP contribution >= 0.6 is 0 Å². The predicted molar refractivity (Wildman–Crippen MR) is 95.7 cm³/mol. The number of aliphatic hydroxyl groups is 1. The van der Waals surface area contributed by atoms with Gasteiger partial charge in [0.1, 0.15) is 5.60 Å². The minimum atomic E-state index is -1.44. The van der Waals surface area contributed by atoms with E-state index in [1.54, 1.807) is 4.90 Å². The van der Waals surface area contributed by atoms with Crippen molar-refractivity contribution in [2.45, 2.75) is 56.5 Å². The van der Waals surface area contributed by atoms with Crippen LogP contribution < -0.4 is 5.73 Å². The van der Waals surface area contributed by atoms with Gasteiger partial charge >= 0.3 is 0 Å². The second-order valence-corrected chi connectivity index (χ2v) is 7.61. The summed E-state index contributed by atoms with van der Waals surface area (Å²) in [5, 5.41) is 10.1. The summed E-state index contributed by atoms with van der Waals surface area (Å²) in [6, 6.07) is 10.6. The van der Waals surface area contributed by atoms with Gasteiger partial charge in [-0.3, -0.25) is 9.59 Å². The third-order valence-electron chi connectivity index (χ3n) is 5.98. The molecule has 5 nitrogen and oxygen atoms in total. The third kappa shape index (κ3) is 4.21. The van der Waals surface area contributed by atoms with Gasteiger partial charge in [-0.05, 0) is 43.1 Å². The lowest BCUT2D eigenvalue weighted by Gasteiger charge is -2.37. The molecule has 1 saturated heterocycles. The predicted octanol–water partition coefficient (Wildman–Crippen LogP) is 2.19. The highest BCUT2D eigenvalue weighted by atomic mass is 16.3. The van der Waals surface area contributed by atoms with Gasteiger partial charge in [0.15, 0.2) is 0 Å². The fourth-order valence-corrected chi connectivity index (χ4v) is 4.17. The number of rotatable bonds is 4. The Bertz CT molecular complexity index is 601. The van der Waals surface area contributed by atoms with E-state index in [2.05, 4.69) is 24.3 Å². The maximum absolute atomic E-state index is 12.5. The highest BCUT2D eigenvalue weighted by molar-refractivity contribution is 5.84. The van der Waals surface area contributed by atoms with Gasteiger partial charge in [-0.2, -0.15) is 0 Å². The second kappa shape index (κ2) is 7.56. The van der Waals surface area contributed by atoms with Crippen LogP contribution in [0.25, 0.3) is 0 Å². The van der Waals surface area contributed by atoms with Crippen molar-refractivity contribution in [2.75, 3.05) is 13.1 Å². The molecule has 1 aromatic rings. The molecule has 1 heterocycles. The van der Waals surface area contributed by atoms with Crippen molar-refractivity contribution in [3.05, 3.63) is 35.9 Å². The topological polar surface area (TPSA) is 83.6 Å². The minimum absolute atomic E-state index is 0.148. The fraction of sp³-hybridized carbons (Fsp3) is 0.600. The van der Waals surface area contributed by atoms with Gasteiger partial charge in [-0.15, -0.1) is 0 Å². The Morgan fingerprint density at radius 2 is 1.68 bits per heavy atom. The SMILES string of the molecule is NC(=O)C1(O)CCN(C(=O)CC2CCC(c3ccccc3)CC2)CC1. The fourth-order valence-electron chi connectivity index (χ4n) is 4.17. The van der Waals surface area contributed by atoms with Crippen molar-refractivity contribution < 1.29 is 14.7 Å². The van der Waals surface area contributed by atoms with E-state index in [4.69, 9.17) is 5.73 Å². The van der Waals surface area contributed by atoms with Crippen LogP contribution in [0, 0.1) is 5.92 Å². The molecule has 2 aliphatic rings. The van der Waals surface area contributed by atoms with E-state index >= 15 is 0 Å². The molecule has 0 radical (unpaired) electrons. The molecule has 5 heteroatoms. The molecule has 25 heavy (non-hydrogen) atoms. The lowest BCUT2D eigenvalue weighted by Crippen LogP contribution is -2.53. The van der Waals surface area contributed by atoms with Crippen LogP contribution in [0.3, 0.4) is 0 Å². The first kappa shape index (κ1) is 17.9. The Kier molecular flexibility index (Phi) is 5.42. The highest BCUT2D eigenvalue weighted by Crippen LogP contribution is 2.37. The van der Waals surface area contributed by atoms with Crippen molar-refractivity contribution in [3.8, 4) is 0 Å². The molecule has 0 unspecified atom stereocenters. The number of amides is 2. The van der Waals surface area contributed by atoms with Crippen LogP contribution in [-0.2, 0) is 9.59 Å². The molecule has 1 saturated carbocycles. The number of carbonyl (C=O) groups is 2. The zero-order chi connectivity index (χ0) is 17.9. The summed E-state index contributed by atoms with van der Waals surface area (Å²) in [5.41, 5.74) is 5.21. The minimum Gasteiger partial charge on any atom is -0.380 e. The first-order chi connectivity index (χ1) is 12.0. The summed E-state index contributed by atoms with van der Waals surface area (Å²) in [4.78, 5) is 25.6. The van der Waals surface area contributed by atoms with Crippen LogP contribution in [0.15, 0.2) is 30.3 Å². The standard InChI is InChI=1S/C20H28N2O3/c21-19(24)20(25)10-12-22(13-11-20)18(23)14-15-6-8-17(9-7-15)16-4-2-1-3-5-16/h1-5,15,17,25H,6-14H2,(H2,21,24). The maximum Gasteiger partial charge on any atom is 0.249 e. The van der Waals surface area contributed by atoms with Crippen LogP contribution in [0.2, 0.25) is 0 Å². The Morgan fingerprint density at radius 3 is 2.24 bits per heavy atom. The smallest absolute Gasteiger partial charge is 0.249 e. The van der Waals surface area contributed by atoms with Crippen LogP contribution in [0.1, 0.15) is 56.4 Å². The van der Waals surface area contributed by atoms with E-state index in [-0.39, 0.29) is 18.7 Å². The molecular weight excluding hydrogens is 316 g/mol. The number of nitrogens with two attached hydrogens (primary N) is 1. The van der Waals surface area contributed by atoms with Crippen LogP contribution in [-0.4, -0.2) is 40.5 Å². The second-order valence-electron chi connectivity index (χ2n) is 7.61. The van der Waals surface area contributed by atoms with Crippen molar-refractivity contribution in [1.29, 1.82) is 0 Å². The number of nitrogens with zero attached hydrogens (tertiary/aromatic N) is 1. The third-order valence-corrected chi connectivity index (χ3v) is 5.98. The summed E-state index contributed by atoms with van der Waals surface area (Å²) in [5.74, 6) is 0.533. The molecule has 3 N–H and O–H groups in total. The van der Waals surface area contributed by atoms with Crippen molar-refractivity contribution in [3.63, 3.8) is 0 Å². The lowest BCUT2D eigenvalue weighted by atomic mass is 9.77. The molecule has 0 aromatic heterocycles. The van der Waals surface area contributed by atoms with E-state index in [9.17, 15) is 14.7 Å². The summed E-state index contributed by atoms with van der Waals surface area (Å²) < 4.78 is 0. The molecular formula is C20H28N2O3. The number of hydrogen-bond acceptors (Lipinski definition) is 3. The Balaban J connectivity index is 1.45. The molecule has 1 aliphatic carbocycles. The van der Waals surface area contributed by atoms with E-state index in [1.807, 2.05) is 6.07 Å². The molecule has 0 atom stereocenters. The molecule has 2 amide bonds. The summed E-state index contributed by atoms with van der Waals surface area (Å²) in [6.07, 6.45) is 5.53. The number of piperidine rings is 1. The van der Waals surface area contributed by atoms with Gasteiger partial charge in [-0.1, -0.05) is 30.3 Å². The summed E-state index contributed by atoms with van der Waals surface area (Å²) >= 11 is 0. The zero-order valence-corrected chi connectivity index (χ0v) is 14.7. The largest absolute Gasteiger partial charge is 0.380 e. The number of likely N-dealkylation sites (tertiary alicyclic amines) is 1. The average molecular weight is 344 g/mol. The van der Waals surface area contributed by atoms with Gasteiger partial charge in [0.2, 0.25) is 11.8 Å². The zero-order valence-electron chi connectivity index (χ0n) is 14.7. The molecule has 2 fully saturated rings. The van der Waals surface area contributed by atoms with E-state index < -0.39 is 11.5 Å².